The summed E-state index contributed by atoms with van der Waals surface area (Å²) < 4.78 is 0. The van der Waals surface area contributed by atoms with E-state index in [0.717, 1.165) is 22.7 Å². The third-order valence-electron chi connectivity index (χ3n) is 3.39. The lowest BCUT2D eigenvalue weighted by atomic mass is 10.0. The van der Waals surface area contributed by atoms with Gasteiger partial charge in [0.15, 0.2) is 5.78 Å². The highest BCUT2D eigenvalue weighted by molar-refractivity contribution is 7.09. The van der Waals surface area contributed by atoms with Gasteiger partial charge in [-0.2, -0.15) is 0 Å². The molecule has 1 heterocycles. The number of carbonyl (C=O) groups excluding carboxylic acids is 2. The van der Waals surface area contributed by atoms with Gasteiger partial charge in [-0.25, -0.2) is 4.98 Å². The molecule has 116 valence electrons. The van der Waals surface area contributed by atoms with Crippen molar-refractivity contribution in [3.63, 3.8) is 0 Å². The first-order valence-corrected chi connectivity index (χ1v) is 8.21. The number of nitrogens with zero attached hydrogens (tertiary/aromatic N) is 1. The lowest BCUT2D eigenvalue weighted by molar-refractivity contribution is -0.121. The molecule has 0 fully saturated rings. The van der Waals surface area contributed by atoms with Gasteiger partial charge in [-0.15, -0.1) is 11.3 Å². The van der Waals surface area contributed by atoms with Gasteiger partial charge in [-0.05, 0) is 19.4 Å². The van der Waals surface area contributed by atoms with E-state index in [2.05, 4.69) is 10.3 Å². The molecular formula is C17H20N2O2S. The van der Waals surface area contributed by atoms with Crippen molar-refractivity contribution >= 4 is 23.0 Å². The molecule has 1 aromatic heterocycles. The number of rotatable bonds is 7. The molecule has 1 amide bonds. The number of thiazole rings is 1. The number of nitrogens with one attached hydrogen (secondary N) is 1. The van der Waals surface area contributed by atoms with Crippen LogP contribution in [0.2, 0.25) is 0 Å². The van der Waals surface area contributed by atoms with E-state index in [1.807, 2.05) is 37.4 Å². The predicted molar refractivity (Wildman–Crippen MR) is 88.3 cm³/mol. The highest BCUT2D eigenvalue weighted by Crippen LogP contribution is 2.11. The average molecular weight is 316 g/mol. The van der Waals surface area contributed by atoms with E-state index >= 15 is 0 Å². The van der Waals surface area contributed by atoms with Crippen LogP contribution in [0.15, 0.2) is 29.6 Å². The Morgan fingerprint density at radius 2 is 1.95 bits per heavy atom. The molecule has 22 heavy (non-hydrogen) atoms. The molecule has 2 aromatic rings. The first-order valence-electron chi connectivity index (χ1n) is 7.33. The number of hydrogen-bond acceptors (Lipinski definition) is 4. The van der Waals surface area contributed by atoms with E-state index in [0.29, 0.717) is 12.1 Å². The second-order valence-electron chi connectivity index (χ2n) is 5.20. The van der Waals surface area contributed by atoms with Crippen LogP contribution in [0.25, 0.3) is 0 Å². The largest absolute Gasteiger partial charge is 0.356 e. The van der Waals surface area contributed by atoms with E-state index in [1.165, 1.54) is 0 Å². The van der Waals surface area contributed by atoms with Crippen LogP contribution >= 0.6 is 11.3 Å². The summed E-state index contributed by atoms with van der Waals surface area (Å²) in [6.07, 6.45) is 1.19. The standard InChI is InChI=1S/C17H20N2O2S/c1-12-5-3-4-6-15(12)16(20)7-8-17(21)18-10-9-14-11-22-13(2)19-14/h3-6,11H,7-10H2,1-2H3,(H,18,21). The monoisotopic (exact) mass is 316 g/mol. The Bertz CT molecular complexity index is 664. The molecule has 0 aliphatic rings. The summed E-state index contributed by atoms with van der Waals surface area (Å²) in [7, 11) is 0. The summed E-state index contributed by atoms with van der Waals surface area (Å²) in [5, 5.41) is 5.87. The predicted octanol–water partition coefficient (Wildman–Crippen LogP) is 3.08. The SMILES string of the molecule is Cc1nc(CCNC(=O)CCC(=O)c2ccccc2C)cs1. The minimum Gasteiger partial charge on any atom is -0.356 e. The number of aryl methyl sites for hydroxylation is 2. The Balaban J connectivity index is 1.71. The van der Waals surface area contributed by atoms with Crippen LogP contribution in [-0.4, -0.2) is 23.2 Å². The second-order valence-corrected chi connectivity index (χ2v) is 6.26. The highest BCUT2D eigenvalue weighted by atomic mass is 32.1. The molecule has 1 N–H and O–H groups in total. The molecule has 0 saturated carbocycles. The molecule has 1 aromatic carbocycles. The highest BCUT2D eigenvalue weighted by Gasteiger charge is 2.11. The van der Waals surface area contributed by atoms with Crippen molar-refractivity contribution in [3.05, 3.63) is 51.5 Å². The number of hydrogen-bond donors (Lipinski definition) is 1. The zero-order valence-electron chi connectivity index (χ0n) is 12.9. The van der Waals surface area contributed by atoms with Crippen LogP contribution in [-0.2, 0) is 11.2 Å². The number of benzene rings is 1. The van der Waals surface area contributed by atoms with Gasteiger partial charge in [0.25, 0.3) is 0 Å². The number of amides is 1. The van der Waals surface area contributed by atoms with Gasteiger partial charge in [-0.3, -0.25) is 9.59 Å². The zero-order valence-corrected chi connectivity index (χ0v) is 13.7. The minimum atomic E-state index is -0.0890. The first kappa shape index (κ1) is 16.4. The molecule has 0 atom stereocenters. The van der Waals surface area contributed by atoms with E-state index in [1.54, 1.807) is 17.4 Å². The van der Waals surface area contributed by atoms with Gasteiger partial charge in [0.2, 0.25) is 5.91 Å². The summed E-state index contributed by atoms with van der Waals surface area (Å²) in [6.45, 7) is 4.42. The molecule has 0 aliphatic heterocycles. The van der Waals surface area contributed by atoms with Gasteiger partial charge in [0.05, 0.1) is 10.7 Å². The Hall–Kier alpha value is -2.01. The summed E-state index contributed by atoms with van der Waals surface area (Å²) in [5.74, 6) is -0.0720. The fourth-order valence-corrected chi connectivity index (χ4v) is 2.84. The average Bonchev–Trinajstić information content (AvgIpc) is 2.91. The van der Waals surface area contributed by atoms with Crippen LogP contribution < -0.4 is 5.32 Å². The van der Waals surface area contributed by atoms with Crippen molar-refractivity contribution in [3.8, 4) is 0 Å². The van der Waals surface area contributed by atoms with Crippen LogP contribution in [0, 0.1) is 13.8 Å². The third kappa shape index (κ3) is 4.77. The molecule has 5 heteroatoms. The van der Waals surface area contributed by atoms with Crippen molar-refractivity contribution in [2.24, 2.45) is 0 Å². The van der Waals surface area contributed by atoms with E-state index in [4.69, 9.17) is 0 Å². The van der Waals surface area contributed by atoms with Crippen LogP contribution in [0.3, 0.4) is 0 Å². The molecule has 0 aliphatic carbocycles. The fourth-order valence-electron chi connectivity index (χ4n) is 2.19. The summed E-state index contributed by atoms with van der Waals surface area (Å²) in [6, 6.07) is 7.46. The van der Waals surface area contributed by atoms with Crippen molar-refractivity contribution in [2.75, 3.05) is 6.54 Å². The Morgan fingerprint density at radius 3 is 2.64 bits per heavy atom. The summed E-state index contributed by atoms with van der Waals surface area (Å²) in [4.78, 5) is 28.2. The molecule has 2 rings (SSSR count). The minimum absolute atomic E-state index is 0.0170. The van der Waals surface area contributed by atoms with Gasteiger partial charge in [-0.1, -0.05) is 24.3 Å². The Kier molecular flexibility index (Phi) is 5.83. The number of Topliss-reactive ketones (excluding diaryl/α,β-unsaturated/α-hetero) is 1. The normalized spacial score (nSPS) is 10.5. The van der Waals surface area contributed by atoms with Crippen molar-refractivity contribution in [2.45, 2.75) is 33.1 Å². The van der Waals surface area contributed by atoms with Gasteiger partial charge >= 0.3 is 0 Å². The number of carbonyl (C=O) groups is 2. The maximum absolute atomic E-state index is 12.1. The van der Waals surface area contributed by atoms with E-state index in [-0.39, 0.29) is 24.5 Å². The maximum Gasteiger partial charge on any atom is 0.220 e. The van der Waals surface area contributed by atoms with Crippen molar-refractivity contribution in [1.29, 1.82) is 0 Å². The number of ketones is 1. The van der Waals surface area contributed by atoms with Crippen LogP contribution in [0.1, 0.15) is 39.5 Å². The lowest BCUT2D eigenvalue weighted by Crippen LogP contribution is -2.26. The third-order valence-corrected chi connectivity index (χ3v) is 4.22. The second kappa shape index (κ2) is 7.84. The quantitative estimate of drug-likeness (QED) is 0.799. The van der Waals surface area contributed by atoms with Crippen LogP contribution in [0.5, 0.6) is 0 Å². The Labute approximate surface area is 134 Å². The Morgan fingerprint density at radius 1 is 1.18 bits per heavy atom. The van der Waals surface area contributed by atoms with Gasteiger partial charge in [0.1, 0.15) is 0 Å². The van der Waals surface area contributed by atoms with Crippen molar-refractivity contribution in [1.82, 2.24) is 10.3 Å². The molecule has 0 radical (unpaired) electrons. The molecule has 0 bridgehead atoms. The smallest absolute Gasteiger partial charge is 0.220 e. The zero-order chi connectivity index (χ0) is 15.9. The summed E-state index contributed by atoms with van der Waals surface area (Å²) >= 11 is 1.61. The van der Waals surface area contributed by atoms with Gasteiger partial charge in [0, 0.05) is 36.8 Å². The molecule has 0 unspecified atom stereocenters. The summed E-state index contributed by atoms with van der Waals surface area (Å²) in [5.41, 5.74) is 2.65. The number of aromatic nitrogens is 1. The first-order chi connectivity index (χ1) is 10.6. The molecule has 0 saturated heterocycles. The molecular weight excluding hydrogens is 296 g/mol. The van der Waals surface area contributed by atoms with Crippen LogP contribution in [0.4, 0.5) is 0 Å². The molecule has 4 nitrogen and oxygen atoms in total. The van der Waals surface area contributed by atoms with Crippen molar-refractivity contribution < 1.29 is 9.59 Å². The van der Waals surface area contributed by atoms with E-state index < -0.39 is 0 Å². The lowest BCUT2D eigenvalue weighted by Gasteiger charge is -2.06. The fraction of sp³-hybridized carbons (Fsp3) is 0.353. The van der Waals surface area contributed by atoms with Gasteiger partial charge < -0.3 is 5.32 Å². The van der Waals surface area contributed by atoms with E-state index in [9.17, 15) is 9.59 Å². The topological polar surface area (TPSA) is 59.1 Å². The molecule has 0 spiro atoms. The maximum atomic E-state index is 12.1.